The molecular weight excluding hydrogens is 577 g/mol. The van der Waals surface area contributed by atoms with E-state index in [1.54, 1.807) is 55.5 Å². The van der Waals surface area contributed by atoms with Gasteiger partial charge in [-0.15, -0.1) is 0 Å². The minimum atomic E-state index is -3.75. The number of carbonyl (C=O) groups is 2. The molecule has 0 fully saturated rings. The van der Waals surface area contributed by atoms with Gasteiger partial charge in [0.05, 0.1) is 11.9 Å². The van der Waals surface area contributed by atoms with Crippen LogP contribution in [-0.2, 0) is 26.2 Å². The molecule has 0 saturated carbocycles. The molecule has 0 bridgehead atoms. The first-order chi connectivity index (χ1) is 15.5. The second kappa shape index (κ2) is 12.6. The first kappa shape index (κ1) is 27.4. The van der Waals surface area contributed by atoms with Crippen molar-refractivity contribution in [3.8, 4) is 0 Å². The lowest BCUT2D eigenvalue weighted by Gasteiger charge is -2.31. The summed E-state index contributed by atoms with van der Waals surface area (Å²) in [5.41, 5.74) is 1.05. The zero-order valence-corrected chi connectivity index (χ0v) is 22.7. The number of benzene rings is 2. The summed E-state index contributed by atoms with van der Waals surface area (Å²) in [5.74, 6) is -0.805. The summed E-state index contributed by atoms with van der Waals surface area (Å²) in [7, 11) is -3.75. The molecule has 0 aromatic heterocycles. The molecule has 0 heterocycles. The van der Waals surface area contributed by atoms with Crippen molar-refractivity contribution in [3.05, 3.63) is 62.7 Å². The van der Waals surface area contributed by atoms with E-state index in [0.717, 1.165) is 27.0 Å². The van der Waals surface area contributed by atoms with Crippen LogP contribution in [-0.4, -0.2) is 50.5 Å². The fourth-order valence-corrected chi connectivity index (χ4v) is 4.55. The van der Waals surface area contributed by atoms with Crippen LogP contribution >= 0.6 is 34.2 Å². The third kappa shape index (κ3) is 8.15. The summed E-state index contributed by atoms with van der Waals surface area (Å²) in [6.07, 6.45) is 2.80. The van der Waals surface area contributed by atoms with Gasteiger partial charge in [-0.3, -0.25) is 13.9 Å². The van der Waals surface area contributed by atoms with Crippen molar-refractivity contribution in [2.45, 2.75) is 39.3 Å². The molecule has 1 atom stereocenters. The summed E-state index contributed by atoms with van der Waals surface area (Å²) in [6, 6.07) is 13.1. The lowest BCUT2D eigenvalue weighted by Crippen LogP contribution is -2.51. The number of amides is 2. The Morgan fingerprint density at radius 2 is 1.76 bits per heavy atom. The molecule has 0 unspecified atom stereocenters. The highest BCUT2D eigenvalue weighted by Crippen LogP contribution is 2.22. The van der Waals surface area contributed by atoms with Crippen molar-refractivity contribution in [1.82, 2.24) is 10.2 Å². The summed E-state index contributed by atoms with van der Waals surface area (Å²) in [6.45, 7) is 3.80. The van der Waals surface area contributed by atoms with Crippen LogP contribution in [0.5, 0.6) is 0 Å². The maximum absolute atomic E-state index is 13.4. The second-order valence-electron chi connectivity index (χ2n) is 7.68. The number of halogens is 2. The first-order valence-corrected chi connectivity index (χ1v) is 13.9. The Labute approximate surface area is 214 Å². The molecular formula is C23H29ClIN3O4S. The largest absolute Gasteiger partial charge is 0.354 e. The van der Waals surface area contributed by atoms with E-state index < -0.39 is 28.5 Å². The average Bonchev–Trinajstić information content (AvgIpc) is 2.76. The number of sulfonamides is 1. The topological polar surface area (TPSA) is 86.8 Å². The van der Waals surface area contributed by atoms with E-state index in [2.05, 4.69) is 27.9 Å². The van der Waals surface area contributed by atoms with Crippen molar-refractivity contribution in [2.75, 3.05) is 23.7 Å². The third-order valence-electron chi connectivity index (χ3n) is 5.09. The van der Waals surface area contributed by atoms with Gasteiger partial charge in [0.15, 0.2) is 0 Å². The Bertz CT molecular complexity index is 1060. The van der Waals surface area contributed by atoms with Crippen LogP contribution in [0.3, 0.4) is 0 Å². The van der Waals surface area contributed by atoms with Crippen molar-refractivity contribution < 1.29 is 18.0 Å². The van der Waals surface area contributed by atoms with Crippen LogP contribution in [0.25, 0.3) is 0 Å². The van der Waals surface area contributed by atoms with E-state index in [-0.39, 0.29) is 12.5 Å². The lowest BCUT2D eigenvalue weighted by atomic mass is 10.1. The van der Waals surface area contributed by atoms with Gasteiger partial charge < -0.3 is 10.2 Å². The summed E-state index contributed by atoms with van der Waals surface area (Å²) in [4.78, 5) is 27.6. The molecule has 1 N–H and O–H groups in total. The zero-order valence-electron chi connectivity index (χ0n) is 18.9. The smallest absolute Gasteiger partial charge is 0.244 e. The molecule has 2 amide bonds. The van der Waals surface area contributed by atoms with Crippen molar-refractivity contribution in [3.63, 3.8) is 0 Å². The number of carbonyl (C=O) groups excluding carboxylic acids is 2. The molecule has 2 aromatic rings. The summed E-state index contributed by atoms with van der Waals surface area (Å²) in [5, 5.41) is 3.31. The summed E-state index contributed by atoms with van der Waals surface area (Å²) >= 11 is 8.42. The monoisotopic (exact) mass is 605 g/mol. The molecule has 0 radical (unpaired) electrons. The highest BCUT2D eigenvalue weighted by molar-refractivity contribution is 14.1. The van der Waals surface area contributed by atoms with Gasteiger partial charge in [0.2, 0.25) is 21.8 Å². The van der Waals surface area contributed by atoms with Gasteiger partial charge in [-0.2, -0.15) is 0 Å². The van der Waals surface area contributed by atoms with E-state index in [4.69, 9.17) is 11.6 Å². The van der Waals surface area contributed by atoms with E-state index in [1.165, 1.54) is 4.90 Å². The Morgan fingerprint density at radius 1 is 1.12 bits per heavy atom. The van der Waals surface area contributed by atoms with Gasteiger partial charge in [0.1, 0.15) is 12.6 Å². The molecule has 180 valence electrons. The van der Waals surface area contributed by atoms with Crippen molar-refractivity contribution in [2.24, 2.45) is 0 Å². The van der Waals surface area contributed by atoms with Crippen LogP contribution in [0.15, 0.2) is 48.5 Å². The number of unbranched alkanes of at least 4 members (excludes halogenated alkanes) is 1. The quantitative estimate of drug-likeness (QED) is 0.309. The minimum absolute atomic E-state index is 0.0746. The van der Waals surface area contributed by atoms with Gasteiger partial charge in [-0.1, -0.05) is 43.1 Å². The van der Waals surface area contributed by atoms with Crippen LogP contribution in [0.4, 0.5) is 5.69 Å². The molecule has 2 aromatic carbocycles. The van der Waals surface area contributed by atoms with Crippen LogP contribution in [0.1, 0.15) is 32.3 Å². The molecule has 0 aliphatic carbocycles. The lowest BCUT2D eigenvalue weighted by molar-refractivity contribution is -0.139. The Balaban J connectivity index is 2.35. The number of nitrogens with one attached hydrogen (secondary N) is 1. The van der Waals surface area contributed by atoms with Crippen LogP contribution in [0.2, 0.25) is 5.02 Å². The number of rotatable bonds is 11. The number of hydrogen-bond acceptors (Lipinski definition) is 4. The molecule has 0 aliphatic rings. The van der Waals surface area contributed by atoms with E-state index in [9.17, 15) is 18.0 Å². The van der Waals surface area contributed by atoms with Crippen molar-refractivity contribution in [1.29, 1.82) is 0 Å². The molecule has 33 heavy (non-hydrogen) atoms. The van der Waals surface area contributed by atoms with Crippen molar-refractivity contribution >= 4 is 61.7 Å². The molecule has 0 aliphatic heterocycles. The fraction of sp³-hybridized carbons (Fsp3) is 0.391. The number of anilines is 1. The van der Waals surface area contributed by atoms with Gasteiger partial charge in [0, 0.05) is 21.7 Å². The predicted octanol–water partition coefficient (Wildman–Crippen LogP) is 4.04. The van der Waals surface area contributed by atoms with Crippen LogP contribution in [0, 0.1) is 3.57 Å². The maximum atomic E-state index is 13.4. The maximum Gasteiger partial charge on any atom is 0.244 e. The minimum Gasteiger partial charge on any atom is -0.354 e. The highest BCUT2D eigenvalue weighted by Gasteiger charge is 2.30. The molecule has 0 spiro atoms. The first-order valence-electron chi connectivity index (χ1n) is 10.6. The van der Waals surface area contributed by atoms with Gasteiger partial charge in [0.25, 0.3) is 0 Å². The predicted molar refractivity (Wildman–Crippen MR) is 141 cm³/mol. The van der Waals surface area contributed by atoms with E-state index in [1.807, 2.05) is 6.92 Å². The fourth-order valence-electron chi connectivity index (χ4n) is 3.15. The van der Waals surface area contributed by atoms with Crippen LogP contribution < -0.4 is 9.62 Å². The second-order valence-corrected chi connectivity index (χ2v) is 11.2. The Morgan fingerprint density at radius 3 is 2.33 bits per heavy atom. The molecule has 2 rings (SSSR count). The average molecular weight is 606 g/mol. The van der Waals surface area contributed by atoms with Gasteiger partial charge in [-0.05, 0) is 71.8 Å². The SMILES string of the molecule is CCCCNC(=O)[C@H](C)N(Cc1ccccc1Cl)C(=O)CN(c1ccc(I)cc1)S(C)(=O)=O. The molecule has 7 nitrogen and oxygen atoms in total. The Hall–Kier alpha value is -1.85. The standard InChI is InChI=1S/C23H29ClIN3O4S/c1-4-5-14-26-23(30)17(2)27(15-18-8-6-7-9-21(18)24)22(29)16-28(33(3,31)32)20-12-10-19(25)11-13-20/h6-13,17H,4-5,14-16H2,1-3H3,(H,26,30)/t17-/m0/s1. The normalized spacial score (nSPS) is 12.2. The highest BCUT2D eigenvalue weighted by atomic mass is 127. The number of nitrogens with zero attached hydrogens (tertiary/aromatic N) is 2. The van der Waals surface area contributed by atoms with E-state index >= 15 is 0 Å². The van der Waals surface area contributed by atoms with Gasteiger partial charge >= 0.3 is 0 Å². The zero-order chi connectivity index (χ0) is 24.6. The third-order valence-corrected chi connectivity index (χ3v) is 7.32. The Kier molecular flexibility index (Phi) is 10.4. The van der Waals surface area contributed by atoms with Gasteiger partial charge in [-0.25, -0.2) is 8.42 Å². The number of hydrogen-bond donors (Lipinski definition) is 1. The molecule has 10 heteroatoms. The van der Waals surface area contributed by atoms with E-state index in [0.29, 0.717) is 22.8 Å². The molecule has 0 saturated heterocycles. The summed E-state index contributed by atoms with van der Waals surface area (Å²) < 4.78 is 27.0.